The molecule has 3 aliphatic carbocycles. The fraction of sp³-hybridized carbons (Fsp3) is 0.800. The number of rotatable bonds is 9. The molecule has 3 atom stereocenters. The third-order valence-corrected chi connectivity index (χ3v) is 6.14. The highest BCUT2D eigenvalue weighted by molar-refractivity contribution is 5.23. The number of allylic oxidation sites excluding steroid dienone is 2. The van der Waals surface area contributed by atoms with Crippen LogP contribution in [0.25, 0.3) is 0 Å². The van der Waals surface area contributed by atoms with Gasteiger partial charge in [-0.25, -0.2) is 9.78 Å². The predicted octanol–water partition coefficient (Wildman–Crippen LogP) is 5.42. The van der Waals surface area contributed by atoms with Crippen molar-refractivity contribution in [3.05, 3.63) is 23.8 Å². The summed E-state index contributed by atoms with van der Waals surface area (Å²) in [6, 6.07) is 0. The van der Waals surface area contributed by atoms with Crippen LogP contribution in [-0.4, -0.2) is 19.0 Å². The predicted molar refractivity (Wildman–Crippen MR) is 93.8 cm³/mol. The van der Waals surface area contributed by atoms with E-state index in [0.29, 0.717) is 5.41 Å². The second-order valence-electron chi connectivity index (χ2n) is 8.35. The maximum absolute atomic E-state index is 5.51. The summed E-state index contributed by atoms with van der Waals surface area (Å²) in [5.41, 5.74) is 2.60. The summed E-state index contributed by atoms with van der Waals surface area (Å²) in [5.74, 6) is 1.70. The molecule has 1 fully saturated rings. The maximum atomic E-state index is 5.51. The molecule has 23 heavy (non-hydrogen) atoms. The Labute approximate surface area is 142 Å². The molecule has 1 saturated carbocycles. The second kappa shape index (κ2) is 7.08. The molecular formula is C20H34O3. The van der Waals surface area contributed by atoms with Gasteiger partial charge in [0.2, 0.25) is 0 Å². The van der Waals surface area contributed by atoms with Crippen molar-refractivity contribution in [2.45, 2.75) is 78.6 Å². The van der Waals surface area contributed by atoms with E-state index in [2.05, 4.69) is 26.5 Å². The molecule has 3 heteroatoms. The van der Waals surface area contributed by atoms with Gasteiger partial charge in [-0.1, -0.05) is 32.1 Å². The van der Waals surface area contributed by atoms with Gasteiger partial charge in [-0.3, -0.25) is 0 Å². The van der Waals surface area contributed by atoms with E-state index in [9.17, 15) is 0 Å². The molecule has 0 aromatic rings. The van der Waals surface area contributed by atoms with Crippen LogP contribution in [0.5, 0.6) is 0 Å². The molecule has 0 amide bonds. The molecule has 0 N–H and O–H groups in total. The van der Waals surface area contributed by atoms with E-state index in [1.807, 2.05) is 20.8 Å². The molecule has 0 aromatic carbocycles. The Balaban J connectivity index is 1.74. The van der Waals surface area contributed by atoms with Gasteiger partial charge in [-0.2, -0.15) is 0 Å². The zero-order chi connectivity index (χ0) is 17.3. The lowest BCUT2D eigenvalue weighted by Gasteiger charge is -2.56. The standard InChI is InChI=1S/C20H34O3/c1-14(2)20(5,6)23-22-18(21-7)10-8-9-15-11-12-16-13-17(15)19(16,3)4/h11,16-18H,1,8-10,12-13H2,2-7H3/t16-,17+,18?/m1/s1. The first kappa shape index (κ1) is 18.7. The number of hydrogen-bond acceptors (Lipinski definition) is 3. The Morgan fingerprint density at radius 2 is 2.13 bits per heavy atom. The van der Waals surface area contributed by atoms with Crippen LogP contribution in [0.15, 0.2) is 23.8 Å². The average Bonchev–Trinajstić information content (AvgIpc) is 2.50. The van der Waals surface area contributed by atoms with Crippen molar-refractivity contribution in [2.75, 3.05) is 7.11 Å². The highest BCUT2D eigenvalue weighted by atomic mass is 17.2. The van der Waals surface area contributed by atoms with E-state index in [1.165, 1.54) is 12.8 Å². The van der Waals surface area contributed by atoms with Crippen molar-refractivity contribution in [2.24, 2.45) is 17.3 Å². The van der Waals surface area contributed by atoms with Crippen LogP contribution < -0.4 is 0 Å². The Kier molecular flexibility index (Phi) is 5.76. The van der Waals surface area contributed by atoms with Crippen LogP contribution in [0, 0.1) is 17.3 Å². The zero-order valence-corrected chi connectivity index (χ0v) is 15.8. The van der Waals surface area contributed by atoms with Crippen molar-refractivity contribution in [3.63, 3.8) is 0 Å². The average molecular weight is 322 g/mol. The molecular weight excluding hydrogens is 288 g/mol. The number of hydrogen-bond donors (Lipinski definition) is 0. The van der Waals surface area contributed by atoms with Crippen LogP contribution in [0.1, 0.15) is 66.7 Å². The highest BCUT2D eigenvalue weighted by Crippen LogP contribution is 2.59. The fourth-order valence-electron chi connectivity index (χ4n) is 3.68. The van der Waals surface area contributed by atoms with Gasteiger partial charge in [-0.15, -0.1) is 0 Å². The summed E-state index contributed by atoms with van der Waals surface area (Å²) in [5, 5.41) is 0. The molecule has 0 aliphatic heterocycles. The van der Waals surface area contributed by atoms with Crippen LogP contribution >= 0.6 is 0 Å². The van der Waals surface area contributed by atoms with Gasteiger partial charge < -0.3 is 4.74 Å². The van der Waals surface area contributed by atoms with Crippen LogP contribution in [0.3, 0.4) is 0 Å². The summed E-state index contributed by atoms with van der Waals surface area (Å²) >= 11 is 0. The molecule has 132 valence electrons. The van der Waals surface area contributed by atoms with E-state index in [0.717, 1.165) is 36.7 Å². The Morgan fingerprint density at radius 1 is 1.43 bits per heavy atom. The van der Waals surface area contributed by atoms with Crippen molar-refractivity contribution in [3.8, 4) is 0 Å². The lowest BCUT2D eigenvalue weighted by molar-refractivity contribution is -0.409. The molecule has 0 radical (unpaired) electrons. The van der Waals surface area contributed by atoms with E-state index in [4.69, 9.17) is 14.5 Å². The molecule has 3 nitrogen and oxygen atoms in total. The minimum Gasteiger partial charge on any atom is -0.353 e. The largest absolute Gasteiger partial charge is 0.353 e. The first-order chi connectivity index (χ1) is 10.7. The molecule has 1 unspecified atom stereocenters. The molecule has 3 rings (SSSR count). The Morgan fingerprint density at radius 3 is 2.65 bits per heavy atom. The van der Waals surface area contributed by atoms with E-state index >= 15 is 0 Å². The smallest absolute Gasteiger partial charge is 0.190 e. The summed E-state index contributed by atoms with van der Waals surface area (Å²) in [6.07, 6.45) is 7.87. The summed E-state index contributed by atoms with van der Waals surface area (Å²) in [7, 11) is 1.67. The quantitative estimate of drug-likeness (QED) is 0.245. The maximum Gasteiger partial charge on any atom is 0.190 e. The van der Waals surface area contributed by atoms with Crippen molar-refractivity contribution in [1.82, 2.24) is 0 Å². The van der Waals surface area contributed by atoms with Gasteiger partial charge in [-0.05, 0) is 69.3 Å². The fourth-order valence-corrected chi connectivity index (χ4v) is 3.68. The molecule has 0 saturated heterocycles. The topological polar surface area (TPSA) is 27.7 Å². The number of fused-ring (bicyclic) bond motifs is 1. The minimum absolute atomic E-state index is 0.319. The molecule has 3 aliphatic rings. The molecule has 0 aromatic heterocycles. The second-order valence-corrected chi connectivity index (χ2v) is 8.35. The Bertz CT molecular complexity index is 462. The molecule has 0 heterocycles. The summed E-state index contributed by atoms with van der Waals surface area (Å²) in [4.78, 5) is 11.0. The normalized spacial score (nSPS) is 27.1. The van der Waals surface area contributed by atoms with Gasteiger partial charge in [0.1, 0.15) is 5.60 Å². The summed E-state index contributed by atoms with van der Waals surface area (Å²) in [6.45, 7) is 14.6. The zero-order valence-electron chi connectivity index (χ0n) is 15.8. The van der Waals surface area contributed by atoms with Crippen LogP contribution in [0.2, 0.25) is 0 Å². The van der Waals surface area contributed by atoms with Crippen molar-refractivity contribution in [1.29, 1.82) is 0 Å². The Hall–Kier alpha value is -0.640. The molecule has 0 spiro atoms. The van der Waals surface area contributed by atoms with Gasteiger partial charge in [0.25, 0.3) is 0 Å². The SMILES string of the molecule is C=C(C)C(C)(C)OOC(CCCC1=CC[C@@H]2C[C@@H]1C2(C)C)OC. The van der Waals surface area contributed by atoms with Gasteiger partial charge >= 0.3 is 0 Å². The van der Waals surface area contributed by atoms with E-state index < -0.39 is 5.60 Å². The highest BCUT2D eigenvalue weighted by Gasteiger charge is 2.50. The number of ether oxygens (including phenoxy) is 1. The van der Waals surface area contributed by atoms with E-state index in [1.54, 1.807) is 12.7 Å². The van der Waals surface area contributed by atoms with Gasteiger partial charge in [0, 0.05) is 13.5 Å². The van der Waals surface area contributed by atoms with Crippen LogP contribution in [-0.2, 0) is 14.5 Å². The lowest BCUT2D eigenvalue weighted by Crippen LogP contribution is -2.48. The van der Waals surface area contributed by atoms with Crippen molar-refractivity contribution >= 4 is 0 Å². The first-order valence-corrected chi connectivity index (χ1v) is 8.90. The van der Waals surface area contributed by atoms with Gasteiger partial charge in [0.15, 0.2) is 6.29 Å². The van der Waals surface area contributed by atoms with Gasteiger partial charge in [0.05, 0.1) is 0 Å². The molecule has 2 bridgehead atoms. The minimum atomic E-state index is -0.492. The first-order valence-electron chi connectivity index (χ1n) is 8.90. The van der Waals surface area contributed by atoms with Crippen LogP contribution in [0.4, 0.5) is 0 Å². The summed E-state index contributed by atoms with van der Waals surface area (Å²) < 4.78 is 5.40. The number of methoxy groups -OCH3 is 1. The van der Waals surface area contributed by atoms with Crippen molar-refractivity contribution < 1.29 is 14.5 Å². The lowest BCUT2D eigenvalue weighted by atomic mass is 9.48. The third-order valence-electron chi connectivity index (χ3n) is 6.14. The van der Waals surface area contributed by atoms with E-state index in [-0.39, 0.29) is 6.29 Å². The third kappa shape index (κ3) is 4.07. The monoisotopic (exact) mass is 322 g/mol.